The Hall–Kier alpha value is -2.76. The second-order valence-electron chi connectivity index (χ2n) is 4.67. The molecule has 2 aromatic rings. The first-order chi connectivity index (χ1) is 10.6. The molecule has 0 aliphatic carbocycles. The molecule has 6 heteroatoms. The van der Waals surface area contributed by atoms with Crippen molar-refractivity contribution in [2.45, 2.75) is 19.9 Å². The average Bonchev–Trinajstić information content (AvgIpc) is 3.02. The van der Waals surface area contributed by atoms with E-state index in [1.54, 1.807) is 38.1 Å². The summed E-state index contributed by atoms with van der Waals surface area (Å²) in [7, 11) is 0. The Kier molecular flexibility index (Phi) is 5.19. The molecule has 116 valence electrons. The Labute approximate surface area is 128 Å². The normalized spacial score (nSPS) is 11.5. The molecule has 0 saturated carbocycles. The molecule has 2 N–H and O–H groups in total. The molecule has 1 aromatic heterocycles. The molecule has 0 spiro atoms. The number of hydrogen-bond donors (Lipinski definition) is 2. The molecule has 1 aromatic carbocycles. The fraction of sp³-hybridized carbons (Fsp3) is 0.250. The van der Waals surface area contributed by atoms with Gasteiger partial charge in [-0.3, -0.25) is 4.79 Å². The van der Waals surface area contributed by atoms with E-state index in [-0.39, 0.29) is 11.9 Å². The predicted molar refractivity (Wildman–Crippen MR) is 82.8 cm³/mol. The van der Waals surface area contributed by atoms with Crippen molar-refractivity contribution in [2.75, 3.05) is 17.2 Å². The molecule has 1 heterocycles. The highest BCUT2D eigenvalue weighted by Crippen LogP contribution is 2.17. The van der Waals surface area contributed by atoms with Crippen LogP contribution in [-0.4, -0.2) is 24.5 Å². The van der Waals surface area contributed by atoms with Crippen LogP contribution in [0.4, 0.5) is 11.4 Å². The van der Waals surface area contributed by atoms with Crippen LogP contribution in [0, 0.1) is 0 Å². The average molecular weight is 302 g/mol. The van der Waals surface area contributed by atoms with Crippen LogP contribution in [0.15, 0.2) is 47.3 Å². The molecule has 0 aliphatic heterocycles. The van der Waals surface area contributed by atoms with Crippen molar-refractivity contribution in [2.24, 2.45) is 0 Å². The molecule has 0 aliphatic rings. The maximum atomic E-state index is 11.9. The van der Waals surface area contributed by atoms with E-state index in [0.717, 1.165) is 0 Å². The first-order valence-corrected chi connectivity index (χ1v) is 6.97. The zero-order valence-corrected chi connectivity index (χ0v) is 12.5. The molecule has 6 nitrogen and oxygen atoms in total. The highest BCUT2D eigenvalue weighted by molar-refractivity contribution is 6.04. The second kappa shape index (κ2) is 7.31. The van der Waals surface area contributed by atoms with Crippen LogP contribution in [0.3, 0.4) is 0 Å². The molecule has 0 bridgehead atoms. The first-order valence-electron chi connectivity index (χ1n) is 6.97. The summed E-state index contributed by atoms with van der Waals surface area (Å²) < 4.78 is 9.81. The fourth-order valence-corrected chi connectivity index (χ4v) is 1.86. The fourth-order valence-electron chi connectivity index (χ4n) is 1.86. The predicted octanol–water partition coefficient (Wildman–Crippen LogP) is 2.90. The quantitative estimate of drug-likeness (QED) is 0.802. The molecule has 1 unspecified atom stereocenters. The van der Waals surface area contributed by atoms with Crippen LogP contribution >= 0.6 is 0 Å². The van der Waals surface area contributed by atoms with Crippen molar-refractivity contribution in [1.82, 2.24) is 0 Å². The third kappa shape index (κ3) is 4.12. The number of esters is 1. The minimum atomic E-state index is -0.472. The van der Waals surface area contributed by atoms with Gasteiger partial charge >= 0.3 is 5.97 Å². The molecule has 2 rings (SSSR count). The summed E-state index contributed by atoms with van der Waals surface area (Å²) in [5, 5.41) is 5.79. The number of carbonyl (C=O) groups excluding carboxylic acids is 2. The van der Waals surface area contributed by atoms with Gasteiger partial charge in [0.2, 0.25) is 0 Å². The van der Waals surface area contributed by atoms with E-state index in [1.165, 1.54) is 12.5 Å². The van der Waals surface area contributed by atoms with E-state index in [2.05, 4.69) is 10.6 Å². The van der Waals surface area contributed by atoms with Crippen LogP contribution in [-0.2, 0) is 9.53 Å². The Bertz CT molecular complexity index is 637. The monoisotopic (exact) mass is 302 g/mol. The molecule has 0 saturated heterocycles. The minimum Gasteiger partial charge on any atom is -0.472 e. The van der Waals surface area contributed by atoms with Gasteiger partial charge in [0.05, 0.1) is 18.4 Å². The highest BCUT2D eigenvalue weighted by Gasteiger charge is 2.14. The summed E-state index contributed by atoms with van der Waals surface area (Å²) in [6, 6.07) is 8.21. The van der Waals surface area contributed by atoms with Crippen molar-refractivity contribution in [3.63, 3.8) is 0 Å². The van der Waals surface area contributed by atoms with E-state index < -0.39 is 6.04 Å². The first kappa shape index (κ1) is 15.6. The number of hydrogen-bond acceptors (Lipinski definition) is 5. The Morgan fingerprint density at radius 1 is 1.27 bits per heavy atom. The van der Waals surface area contributed by atoms with Crippen LogP contribution < -0.4 is 10.6 Å². The Morgan fingerprint density at radius 2 is 2.05 bits per heavy atom. The minimum absolute atomic E-state index is 0.260. The summed E-state index contributed by atoms with van der Waals surface area (Å²) in [6.45, 7) is 3.82. The zero-order valence-electron chi connectivity index (χ0n) is 12.5. The van der Waals surface area contributed by atoms with Crippen LogP contribution in [0.1, 0.15) is 24.2 Å². The summed E-state index contributed by atoms with van der Waals surface area (Å²) in [5.74, 6) is -0.584. The number of ether oxygens (including phenoxy) is 1. The van der Waals surface area contributed by atoms with Gasteiger partial charge < -0.3 is 19.8 Å². The zero-order chi connectivity index (χ0) is 15.9. The van der Waals surface area contributed by atoms with Gasteiger partial charge in [-0.1, -0.05) is 6.07 Å². The van der Waals surface area contributed by atoms with Crippen molar-refractivity contribution in [3.8, 4) is 0 Å². The summed E-state index contributed by atoms with van der Waals surface area (Å²) in [6.07, 6.45) is 2.81. The number of anilines is 2. The number of furan rings is 1. The topological polar surface area (TPSA) is 80.6 Å². The Morgan fingerprint density at radius 3 is 2.73 bits per heavy atom. The molecule has 1 atom stereocenters. The van der Waals surface area contributed by atoms with Crippen LogP contribution in [0.25, 0.3) is 0 Å². The number of nitrogens with one attached hydrogen (secondary N) is 2. The second-order valence-corrected chi connectivity index (χ2v) is 4.67. The summed E-state index contributed by atoms with van der Waals surface area (Å²) >= 11 is 0. The standard InChI is InChI=1S/C16H18N2O4/c1-3-22-16(20)11(2)17-13-5-4-6-14(9-13)18-15(19)12-7-8-21-10-12/h4-11,17H,3H2,1-2H3,(H,18,19). The van der Waals surface area contributed by atoms with Gasteiger partial charge in [0.1, 0.15) is 12.3 Å². The van der Waals surface area contributed by atoms with Crippen molar-refractivity contribution < 1.29 is 18.7 Å². The molecule has 0 fully saturated rings. The van der Waals surface area contributed by atoms with Crippen molar-refractivity contribution >= 4 is 23.3 Å². The summed E-state index contributed by atoms with van der Waals surface area (Å²) in [4.78, 5) is 23.5. The van der Waals surface area contributed by atoms with E-state index >= 15 is 0 Å². The maximum absolute atomic E-state index is 11.9. The lowest BCUT2D eigenvalue weighted by atomic mass is 10.2. The lowest BCUT2D eigenvalue weighted by Gasteiger charge is -2.14. The maximum Gasteiger partial charge on any atom is 0.328 e. The van der Waals surface area contributed by atoms with E-state index in [9.17, 15) is 9.59 Å². The number of benzene rings is 1. The van der Waals surface area contributed by atoms with Gasteiger partial charge in [-0.25, -0.2) is 4.79 Å². The third-order valence-corrected chi connectivity index (χ3v) is 2.93. The molecular formula is C16H18N2O4. The lowest BCUT2D eigenvalue weighted by Crippen LogP contribution is -2.28. The number of rotatable bonds is 6. The van der Waals surface area contributed by atoms with Gasteiger partial charge in [-0.2, -0.15) is 0 Å². The van der Waals surface area contributed by atoms with Gasteiger partial charge in [0, 0.05) is 11.4 Å². The van der Waals surface area contributed by atoms with Gasteiger partial charge in [-0.05, 0) is 38.1 Å². The van der Waals surface area contributed by atoms with E-state index in [4.69, 9.17) is 9.15 Å². The third-order valence-electron chi connectivity index (χ3n) is 2.93. The van der Waals surface area contributed by atoms with Gasteiger partial charge in [0.25, 0.3) is 5.91 Å². The lowest BCUT2D eigenvalue weighted by molar-refractivity contribution is -0.143. The Balaban J connectivity index is 2.01. The SMILES string of the molecule is CCOC(=O)C(C)Nc1cccc(NC(=O)c2ccoc2)c1. The van der Waals surface area contributed by atoms with Crippen LogP contribution in [0.2, 0.25) is 0 Å². The van der Waals surface area contributed by atoms with E-state index in [1.807, 2.05) is 6.07 Å². The molecule has 22 heavy (non-hydrogen) atoms. The molecule has 1 amide bonds. The molecule has 0 radical (unpaired) electrons. The largest absolute Gasteiger partial charge is 0.472 e. The summed E-state index contributed by atoms with van der Waals surface area (Å²) in [5.41, 5.74) is 1.77. The number of carbonyl (C=O) groups is 2. The highest BCUT2D eigenvalue weighted by atomic mass is 16.5. The smallest absolute Gasteiger partial charge is 0.328 e. The van der Waals surface area contributed by atoms with E-state index in [0.29, 0.717) is 23.5 Å². The van der Waals surface area contributed by atoms with Crippen molar-refractivity contribution in [1.29, 1.82) is 0 Å². The van der Waals surface area contributed by atoms with Crippen LogP contribution in [0.5, 0.6) is 0 Å². The number of amides is 1. The van der Waals surface area contributed by atoms with Gasteiger partial charge in [0.15, 0.2) is 0 Å². The molecular weight excluding hydrogens is 284 g/mol. The van der Waals surface area contributed by atoms with Crippen molar-refractivity contribution in [3.05, 3.63) is 48.4 Å². The van der Waals surface area contributed by atoms with Gasteiger partial charge in [-0.15, -0.1) is 0 Å².